The monoisotopic (exact) mass is 380 g/mol. The fourth-order valence-corrected chi connectivity index (χ4v) is 2.97. The second kappa shape index (κ2) is 6.45. The first-order chi connectivity index (χ1) is 11.8. The molecule has 4 nitrogen and oxygen atoms in total. The molecule has 0 saturated heterocycles. The average molecular weight is 381 g/mol. The van der Waals surface area contributed by atoms with E-state index in [-0.39, 0.29) is 6.61 Å². The van der Waals surface area contributed by atoms with Gasteiger partial charge < -0.3 is 9.15 Å². The third-order valence-corrected chi connectivity index (χ3v) is 4.36. The minimum absolute atomic E-state index is 0.228. The van der Waals surface area contributed by atoms with Crippen LogP contribution < -0.4 is 4.74 Å². The molecule has 0 fully saturated rings. The van der Waals surface area contributed by atoms with Gasteiger partial charge in [-0.3, -0.25) is 0 Å². The minimum atomic E-state index is 0.228. The quantitative estimate of drug-likeness (QED) is 0.486. The summed E-state index contributed by atoms with van der Waals surface area (Å²) in [5.41, 5.74) is 0.862. The highest BCUT2D eigenvalue weighted by atomic mass is 79.9. The van der Waals surface area contributed by atoms with Crippen molar-refractivity contribution in [3.8, 4) is 17.2 Å². The topological polar surface area (TPSA) is 48.2 Å². The number of benzene rings is 3. The Morgan fingerprint density at radius 3 is 2.58 bits per heavy atom. The smallest absolute Gasteiger partial charge is 0.254 e. The van der Waals surface area contributed by atoms with Crippen LogP contribution in [0.4, 0.5) is 0 Å². The standard InChI is InChI=1S/C19H13BrN2O2/c20-16-10-4-3-9-15(16)19-22-21-18(24-19)12-23-17-11-5-7-13-6-1-2-8-14(13)17/h1-11H,12H2. The van der Waals surface area contributed by atoms with Gasteiger partial charge >= 0.3 is 0 Å². The van der Waals surface area contributed by atoms with E-state index >= 15 is 0 Å². The van der Waals surface area contributed by atoms with Gasteiger partial charge in [0.05, 0.1) is 5.56 Å². The van der Waals surface area contributed by atoms with E-state index < -0.39 is 0 Å². The summed E-state index contributed by atoms with van der Waals surface area (Å²) < 4.78 is 12.5. The zero-order valence-corrected chi connectivity index (χ0v) is 14.2. The minimum Gasteiger partial charge on any atom is -0.483 e. The largest absolute Gasteiger partial charge is 0.483 e. The Hall–Kier alpha value is -2.66. The van der Waals surface area contributed by atoms with Gasteiger partial charge in [-0.15, -0.1) is 10.2 Å². The van der Waals surface area contributed by atoms with Gasteiger partial charge in [0.2, 0.25) is 5.89 Å². The van der Waals surface area contributed by atoms with E-state index in [1.807, 2.05) is 54.6 Å². The van der Waals surface area contributed by atoms with Gasteiger partial charge in [0.1, 0.15) is 5.75 Å². The van der Waals surface area contributed by atoms with Crippen molar-refractivity contribution in [1.82, 2.24) is 10.2 Å². The molecule has 5 heteroatoms. The van der Waals surface area contributed by atoms with Crippen molar-refractivity contribution in [3.63, 3.8) is 0 Å². The molecule has 0 aliphatic rings. The van der Waals surface area contributed by atoms with E-state index in [4.69, 9.17) is 9.15 Å². The third-order valence-electron chi connectivity index (χ3n) is 3.67. The maximum atomic E-state index is 5.88. The zero-order valence-electron chi connectivity index (χ0n) is 12.6. The van der Waals surface area contributed by atoms with Crippen LogP contribution in [-0.4, -0.2) is 10.2 Å². The highest BCUT2D eigenvalue weighted by Gasteiger charge is 2.12. The molecule has 0 aliphatic heterocycles. The van der Waals surface area contributed by atoms with Crippen molar-refractivity contribution in [2.24, 2.45) is 0 Å². The molecule has 24 heavy (non-hydrogen) atoms. The Morgan fingerprint density at radius 2 is 1.67 bits per heavy atom. The number of aromatic nitrogens is 2. The first-order valence-corrected chi connectivity index (χ1v) is 8.28. The number of rotatable bonds is 4. The predicted molar refractivity (Wildman–Crippen MR) is 95.7 cm³/mol. The maximum absolute atomic E-state index is 5.88. The van der Waals surface area contributed by atoms with E-state index in [0.717, 1.165) is 26.6 Å². The van der Waals surface area contributed by atoms with Crippen molar-refractivity contribution in [3.05, 3.63) is 77.1 Å². The molecule has 1 aromatic heterocycles. The lowest BCUT2D eigenvalue weighted by atomic mass is 10.1. The van der Waals surface area contributed by atoms with E-state index in [0.29, 0.717) is 11.8 Å². The highest BCUT2D eigenvalue weighted by Crippen LogP contribution is 2.28. The molecule has 118 valence electrons. The summed E-state index contributed by atoms with van der Waals surface area (Å²) in [6, 6.07) is 21.8. The van der Waals surface area contributed by atoms with Crippen molar-refractivity contribution in [2.45, 2.75) is 6.61 Å². The predicted octanol–water partition coefficient (Wildman–Crippen LogP) is 5.23. The normalized spacial score (nSPS) is 10.9. The van der Waals surface area contributed by atoms with Gasteiger partial charge in [-0.1, -0.05) is 48.5 Å². The molecule has 0 unspecified atom stereocenters. The zero-order chi connectivity index (χ0) is 16.4. The third kappa shape index (κ3) is 2.90. The van der Waals surface area contributed by atoms with Crippen LogP contribution >= 0.6 is 15.9 Å². The van der Waals surface area contributed by atoms with Crippen LogP contribution in [0.5, 0.6) is 5.75 Å². The molecular weight excluding hydrogens is 368 g/mol. The average Bonchev–Trinajstić information content (AvgIpc) is 3.09. The number of halogens is 1. The van der Waals surface area contributed by atoms with Gasteiger partial charge in [-0.2, -0.15) is 0 Å². The number of fused-ring (bicyclic) bond motifs is 1. The van der Waals surface area contributed by atoms with Gasteiger partial charge in [0, 0.05) is 9.86 Å². The van der Waals surface area contributed by atoms with Crippen molar-refractivity contribution < 1.29 is 9.15 Å². The summed E-state index contributed by atoms with van der Waals surface area (Å²) in [5, 5.41) is 10.4. The summed E-state index contributed by atoms with van der Waals surface area (Å²) in [4.78, 5) is 0. The van der Waals surface area contributed by atoms with Crippen LogP contribution in [0.25, 0.3) is 22.2 Å². The van der Waals surface area contributed by atoms with Crippen LogP contribution in [0, 0.1) is 0 Å². The van der Waals surface area contributed by atoms with Crippen LogP contribution in [0.15, 0.2) is 75.6 Å². The first-order valence-electron chi connectivity index (χ1n) is 7.49. The molecule has 3 aromatic carbocycles. The van der Waals surface area contributed by atoms with Gasteiger partial charge in [-0.25, -0.2) is 0 Å². The Balaban J connectivity index is 1.56. The molecule has 0 atom stereocenters. The summed E-state index contributed by atoms with van der Waals surface area (Å²) in [6.45, 7) is 0.228. The van der Waals surface area contributed by atoms with E-state index in [1.54, 1.807) is 0 Å². The molecule has 4 aromatic rings. The molecule has 0 N–H and O–H groups in total. The molecule has 0 radical (unpaired) electrons. The molecule has 0 spiro atoms. The van der Waals surface area contributed by atoms with Gasteiger partial charge in [0.15, 0.2) is 6.61 Å². The van der Waals surface area contributed by atoms with Crippen molar-refractivity contribution in [1.29, 1.82) is 0 Å². The van der Waals surface area contributed by atoms with Crippen LogP contribution in [-0.2, 0) is 6.61 Å². The molecule has 0 aliphatic carbocycles. The molecule has 0 saturated carbocycles. The van der Waals surface area contributed by atoms with Crippen LogP contribution in [0.3, 0.4) is 0 Å². The number of hydrogen-bond donors (Lipinski definition) is 0. The Kier molecular flexibility index (Phi) is 4.01. The Bertz CT molecular complexity index is 992. The lowest BCUT2D eigenvalue weighted by molar-refractivity contribution is 0.267. The molecule has 0 amide bonds. The Labute approximate surface area is 147 Å². The van der Waals surface area contributed by atoms with Crippen molar-refractivity contribution in [2.75, 3.05) is 0 Å². The van der Waals surface area contributed by atoms with Gasteiger partial charge in [0.25, 0.3) is 5.89 Å². The fourth-order valence-electron chi connectivity index (χ4n) is 2.52. The lowest BCUT2D eigenvalue weighted by Gasteiger charge is -2.07. The number of ether oxygens (including phenoxy) is 1. The van der Waals surface area contributed by atoms with E-state index in [9.17, 15) is 0 Å². The first kappa shape index (κ1) is 14.9. The molecule has 4 rings (SSSR count). The van der Waals surface area contributed by atoms with Crippen molar-refractivity contribution >= 4 is 26.7 Å². The summed E-state index contributed by atoms with van der Waals surface area (Å²) >= 11 is 3.49. The van der Waals surface area contributed by atoms with Crippen LogP contribution in [0.1, 0.15) is 5.89 Å². The number of nitrogens with zero attached hydrogens (tertiary/aromatic N) is 2. The maximum Gasteiger partial charge on any atom is 0.254 e. The second-order valence-corrected chi connectivity index (χ2v) is 6.10. The van der Waals surface area contributed by atoms with Crippen LogP contribution in [0.2, 0.25) is 0 Å². The number of hydrogen-bond acceptors (Lipinski definition) is 4. The molecular formula is C19H13BrN2O2. The Morgan fingerprint density at radius 1 is 0.875 bits per heavy atom. The lowest BCUT2D eigenvalue weighted by Crippen LogP contribution is -1.96. The summed E-state index contributed by atoms with van der Waals surface area (Å²) in [6.07, 6.45) is 0. The molecule has 1 heterocycles. The summed E-state index contributed by atoms with van der Waals surface area (Å²) in [7, 11) is 0. The molecule has 0 bridgehead atoms. The summed E-state index contributed by atoms with van der Waals surface area (Å²) in [5.74, 6) is 1.71. The fraction of sp³-hybridized carbons (Fsp3) is 0.0526. The SMILES string of the molecule is Brc1ccccc1-c1nnc(COc2cccc3ccccc23)o1. The van der Waals surface area contributed by atoms with E-state index in [1.165, 1.54) is 0 Å². The van der Waals surface area contributed by atoms with Gasteiger partial charge in [-0.05, 0) is 39.5 Å². The highest BCUT2D eigenvalue weighted by molar-refractivity contribution is 9.10. The second-order valence-electron chi connectivity index (χ2n) is 5.25. The van der Waals surface area contributed by atoms with E-state index in [2.05, 4.69) is 38.3 Å².